The third-order valence-corrected chi connectivity index (χ3v) is 1.84. The van der Waals surface area contributed by atoms with Gasteiger partial charge in [0, 0.05) is 0 Å². The Morgan fingerprint density at radius 2 is 1.57 bits per heavy atom. The molecule has 2 rings (SSSR count). The maximum atomic E-state index is 8.86. The zero-order valence-electron chi connectivity index (χ0n) is 7.28. The molecule has 0 spiro atoms. The molecular weight excluding hydrogens is 181 g/mol. The van der Waals surface area contributed by atoms with E-state index in [1.54, 1.807) is 36.7 Å². The molecule has 6 heteroatoms. The maximum absolute atomic E-state index is 8.86. The maximum Gasteiger partial charge on any atom is 0.488 e. The third kappa shape index (κ3) is 1.66. The van der Waals surface area contributed by atoms with Crippen LogP contribution in [0, 0.1) is 0 Å². The minimum atomic E-state index is -1.44. The standard InChI is InChI=1S/C8H8BN3O2/c13-9(14)7-1-3-8(4-2-7)12-10-5-6-11-12/h1-6,13-14H. The molecule has 0 aliphatic heterocycles. The van der Waals surface area contributed by atoms with Crippen LogP contribution in [0.4, 0.5) is 0 Å². The number of hydrogen-bond donors (Lipinski definition) is 2. The Hall–Kier alpha value is -1.66. The second kappa shape index (κ2) is 3.61. The lowest BCUT2D eigenvalue weighted by atomic mass is 9.80. The zero-order chi connectivity index (χ0) is 9.97. The average molecular weight is 189 g/mol. The molecule has 2 aromatic rings. The van der Waals surface area contributed by atoms with E-state index in [4.69, 9.17) is 10.0 Å². The Labute approximate surface area is 80.8 Å². The fourth-order valence-corrected chi connectivity index (χ4v) is 1.13. The fourth-order valence-electron chi connectivity index (χ4n) is 1.13. The van der Waals surface area contributed by atoms with Crippen LogP contribution in [0.1, 0.15) is 0 Å². The molecule has 1 aromatic carbocycles. The van der Waals surface area contributed by atoms with Crippen LogP contribution in [-0.4, -0.2) is 32.2 Å². The van der Waals surface area contributed by atoms with E-state index in [1.165, 1.54) is 4.80 Å². The van der Waals surface area contributed by atoms with Gasteiger partial charge < -0.3 is 10.0 Å². The molecule has 5 nitrogen and oxygen atoms in total. The van der Waals surface area contributed by atoms with E-state index in [9.17, 15) is 0 Å². The summed E-state index contributed by atoms with van der Waals surface area (Å²) in [5, 5.41) is 25.6. The first kappa shape index (κ1) is 8.92. The molecule has 1 aromatic heterocycles. The van der Waals surface area contributed by atoms with Crippen molar-refractivity contribution in [3.8, 4) is 5.69 Å². The molecule has 0 radical (unpaired) electrons. The van der Waals surface area contributed by atoms with E-state index in [2.05, 4.69) is 10.2 Å². The molecule has 0 amide bonds. The van der Waals surface area contributed by atoms with Crippen molar-refractivity contribution in [1.29, 1.82) is 0 Å². The number of benzene rings is 1. The number of hydrogen-bond acceptors (Lipinski definition) is 4. The molecule has 0 saturated carbocycles. The Balaban J connectivity index is 2.31. The highest BCUT2D eigenvalue weighted by molar-refractivity contribution is 6.58. The van der Waals surface area contributed by atoms with Crippen molar-refractivity contribution in [3.05, 3.63) is 36.7 Å². The number of rotatable bonds is 2. The van der Waals surface area contributed by atoms with Crippen molar-refractivity contribution in [2.24, 2.45) is 0 Å². The normalized spacial score (nSPS) is 10.1. The largest absolute Gasteiger partial charge is 0.488 e. The summed E-state index contributed by atoms with van der Waals surface area (Å²) in [6.45, 7) is 0. The van der Waals surface area contributed by atoms with Gasteiger partial charge in [-0.25, -0.2) is 0 Å². The molecule has 0 atom stereocenters. The van der Waals surface area contributed by atoms with Crippen molar-refractivity contribution in [2.45, 2.75) is 0 Å². The highest BCUT2D eigenvalue weighted by Crippen LogP contribution is 2.00. The first-order valence-corrected chi connectivity index (χ1v) is 4.10. The lowest BCUT2D eigenvalue weighted by Gasteiger charge is -2.01. The van der Waals surface area contributed by atoms with E-state index >= 15 is 0 Å². The van der Waals surface area contributed by atoms with Gasteiger partial charge in [-0.3, -0.25) is 0 Å². The Morgan fingerprint density at radius 3 is 2.07 bits per heavy atom. The molecule has 0 aliphatic carbocycles. The summed E-state index contributed by atoms with van der Waals surface area (Å²) < 4.78 is 0. The Morgan fingerprint density at radius 1 is 1.00 bits per heavy atom. The lowest BCUT2D eigenvalue weighted by Crippen LogP contribution is -2.29. The van der Waals surface area contributed by atoms with Crippen molar-refractivity contribution >= 4 is 12.6 Å². The van der Waals surface area contributed by atoms with Crippen molar-refractivity contribution in [2.75, 3.05) is 0 Å². The van der Waals surface area contributed by atoms with Crippen LogP contribution in [0.5, 0.6) is 0 Å². The quantitative estimate of drug-likeness (QED) is 0.591. The van der Waals surface area contributed by atoms with Gasteiger partial charge in [-0.05, 0) is 17.6 Å². The van der Waals surface area contributed by atoms with Gasteiger partial charge in [0.05, 0.1) is 18.1 Å². The van der Waals surface area contributed by atoms with Crippen LogP contribution in [0.15, 0.2) is 36.7 Å². The van der Waals surface area contributed by atoms with Crippen LogP contribution >= 0.6 is 0 Å². The average Bonchev–Trinajstić information content (AvgIpc) is 2.71. The first-order chi connectivity index (χ1) is 6.77. The number of aromatic nitrogens is 3. The number of nitrogens with zero attached hydrogens (tertiary/aromatic N) is 3. The van der Waals surface area contributed by atoms with Crippen molar-refractivity contribution < 1.29 is 10.0 Å². The topological polar surface area (TPSA) is 71.2 Å². The molecule has 2 N–H and O–H groups in total. The summed E-state index contributed by atoms with van der Waals surface area (Å²) in [5.41, 5.74) is 1.22. The molecule has 70 valence electrons. The smallest absolute Gasteiger partial charge is 0.423 e. The second-order valence-electron chi connectivity index (χ2n) is 2.78. The van der Waals surface area contributed by atoms with E-state index < -0.39 is 7.12 Å². The van der Waals surface area contributed by atoms with Crippen LogP contribution in [-0.2, 0) is 0 Å². The molecule has 0 saturated heterocycles. The van der Waals surface area contributed by atoms with Gasteiger partial charge in [-0.15, -0.1) is 0 Å². The summed E-state index contributed by atoms with van der Waals surface area (Å²) in [7, 11) is -1.44. The van der Waals surface area contributed by atoms with Gasteiger partial charge in [0.2, 0.25) is 0 Å². The van der Waals surface area contributed by atoms with Crippen LogP contribution in [0.2, 0.25) is 0 Å². The monoisotopic (exact) mass is 189 g/mol. The highest BCUT2D eigenvalue weighted by atomic mass is 16.4. The third-order valence-electron chi connectivity index (χ3n) is 1.84. The first-order valence-electron chi connectivity index (χ1n) is 4.10. The van der Waals surface area contributed by atoms with Crippen LogP contribution in [0.25, 0.3) is 5.69 Å². The summed E-state index contributed by atoms with van der Waals surface area (Å²) >= 11 is 0. The molecule has 14 heavy (non-hydrogen) atoms. The van der Waals surface area contributed by atoms with Gasteiger partial charge in [-0.2, -0.15) is 15.0 Å². The van der Waals surface area contributed by atoms with Gasteiger partial charge in [0.25, 0.3) is 0 Å². The van der Waals surface area contributed by atoms with E-state index in [0.717, 1.165) is 5.69 Å². The molecule has 0 unspecified atom stereocenters. The second-order valence-corrected chi connectivity index (χ2v) is 2.78. The predicted octanol–water partition coefficient (Wildman–Crippen LogP) is -1.05. The van der Waals surface area contributed by atoms with Gasteiger partial charge in [-0.1, -0.05) is 12.1 Å². The van der Waals surface area contributed by atoms with Crippen LogP contribution < -0.4 is 5.46 Å². The lowest BCUT2D eigenvalue weighted by molar-refractivity contribution is 0.426. The summed E-state index contributed by atoms with van der Waals surface area (Å²) in [4.78, 5) is 1.45. The minimum Gasteiger partial charge on any atom is -0.423 e. The van der Waals surface area contributed by atoms with Gasteiger partial charge >= 0.3 is 7.12 Å². The Kier molecular flexibility index (Phi) is 2.30. The molecule has 1 heterocycles. The summed E-state index contributed by atoms with van der Waals surface area (Å²) in [6.07, 6.45) is 3.16. The SMILES string of the molecule is OB(O)c1ccc(-n2nccn2)cc1. The van der Waals surface area contributed by atoms with Gasteiger partial charge in [0.15, 0.2) is 0 Å². The van der Waals surface area contributed by atoms with Crippen molar-refractivity contribution in [1.82, 2.24) is 15.0 Å². The van der Waals surface area contributed by atoms with Crippen LogP contribution in [0.3, 0.4) is 0 Å². The van der Waals surface area contributed by atoms with Crippen molar-refractivity contribution in [3.63, 3.8) is 0 Å². The highest BCUT2D eigenvalue weighted by Gasteiger charge is 2.09. The Bertz CT molecular complexity index is 399. The molecular formula is C8H8BN3O2. The summed E-state index contributed by atoms with van der Waals surface area (Å²) in [5.74, 6) is 0. The summed E-state index contributed by atoms with van der Waals surface area (Å²) in [6, 6.07) is 6.66. The predicted molar refractivity (Wildman–Crippen MR) is 51.2 cm³/mol. The van der Waals surface area contributed by atoms with E-state index in [0.29, 0.717) is 5.46 Å². The zero-order valence-corrected chi connectivity index (χ0v) is 7.28. The minimum absolute atomic E-state index is 0.445. The molecule has 0 aliphatic rings. The molecule has 0 fully saturated rings. The fraction of sp³-hybridized carbons (Fsp3) is 0. The van der Waals surface area contributed by atoms with Gasteiger partial charge in [0.1, 0.15) is 0 Å². The van der Waals surface area contributed by atoms with E-state index in [-0.39, 0.29) is 0 Å². The molecule has 0 bridgehead atoms. The van der Waals surface area contributed by atoms with E-state index in [1.807, 2.05) is 0 Å².